The summed E-state index contributed by atoms with van der Waals surface area (Å²) < 4.78 is 5.62. The number of rotatable bonds is 2. The molecule has 0 fully saturated rings. The molecule has 3 rings (SSSR count). The number of carbonyl (C=O) groups excluding carboxylic acids is 2. The zero-order chi connectivity index (χ0) is 19.6. The first-order chi connectivity index (χ1) is 12.7. The van der Waals surface area contributed by atoms with E-state index in [0.29, 0.717) is 25.4 Å². The summed E-state index contributed by atoms with van der Waals surface area (Å²) >= 11 is 0. The van der Waals surface area contributed by atoms with Gasteiger partial charge in [0.2, 0.25) is 5.91 Å². The summed E-state index contributed by atoms with van der Waals surface area (Å²) in [5.41, 5.74) is 0.970. The SMILES string of the molecule is C[C@@H]1CN(C(=O)C[C@@H]2C=CCC2)c2ccccc2N(C(=O)OC(C)(C)C)C1. The number of para-hydroxylation sites is 2. The van der Waals surface area contributed by atoms with E-state index in [1.807, 2.05) is 49.9 Å². The van der Waals surface area contributed by atoms with Crippen molar-refractivity contribution in [1.29, 1.82) is 0 Å². The van der Waals surface area contributed by atoms with Crippen LogP contribution in [-0.4, -0.2) is 30.7 Å². The third kappa shape index (κ3) is 4.71. The van der Waals surface area contributed by atoms with Crippen molar-refractivity contribution in [1.82, 2.24) is 0 Å². The maximum absolute atomic E-state index is 13.1. The molecule has 0 unspecified atom stereocenters. The summed E-state index contributed by atoms with van der Waals surface area (Å²) in [5.74, 6) is 0.593. The fourth-order valence-corrected chi connectivity index (χ4v) is 3.72. The van der Waals surface area contributed by atoms with Gasteiger partial charge < -0.3 is 9.64 Å². The molecule has 27 heavy (non-hydrogen) atoms. The molecule has 0 saturated heterocycles. The number of anilines is 2. The van der Waals surface area contributed by atoms with Gasteiger partial charge in [0.15, 0.2) is 0 Å². The van der Waals surface area contributed by atoms with E-state index < -0.39 is 5.60 Å². The Morgan fingerprint density at radius 1 is 1.11 bits per heavy atom. The van der Waals surface area contributed by atoms with E-state index >= 15 is 0 Å². The summed E-state index contributed by atoms with van der Waals surface area (Å²) in [7, 11) is 0. The Labute approximate surface area is 162 Å². The average Bonchev–Trinajstić information content (AvgIpc) is 3.03. The van der Waals surface area contributed by atoms with E-state index in [9.17, 15) is 9.59 Å². The number of fused-ring (bicyclic) bond motifs is 1. The van der Waals surface area contributed by atoms with Crippen LogP contribution in [-0.2, 0) is 9.53 Å². The maximum Gasteiger partial charge on any atom is 0.414 e. The number of ether oxygens (including phenoxy) is 1. The van der Waals surface area contributed by atoms with Gasteiger partial charge >= 0.3 is 6.09 Å². The van der Waals surface area contributed by atoms with Gasteiger partial charge in [-0.15, -0.1) is 0 Å². The monoisotopic (exact) mass is 370 g/mol. The minimum Gasteiger partial charge on any atom is -0.443 e. The van der Waals surface area contributed by atoms with Crippen molar-refractivity contribution in [3.05, 3.63) is 36.4 Å². The summed E-state index contributed by atoms with van der Waals surface area (Å²) in [6, 6.07) is 7.63. The summed E-state index contributed by atoms with van der Waals surface area (Å²) in [6.07, 6.45) is 6.55. The number of amides is 2. The Morgan fingerprint density at radius 2 is 1.74 bits per heavy atom. The minimum atomic E-state index is -0.564. The molecular formula is C22H30N2O3. The first-order valence-electron chi connectivity index (χ1n) is 9.81. The second-order valence-corrected chi connectivity index (χ2v) is 8.66. The minimum absolute atomic E-state index is 0.122. The van der Waals surface area contributed by atoms with Gasteiger partial charge in [-0.3, -0.25) is 9.69 Å². The standard InChI is InChI=1S/C22H30N2O3/c1-16-14-23(20(25)13-17-9-5-6-10-17)18-11-7-8-12-19(18)24(15-16)21(26)27-22(2,3)4/h5,7-9,11-12,16-17H,6,10,13-15H2,1-4H3/t16-,17-/m1/s1. The molecule has 0 spiro atoms. The van der Waals surface area contributed by atoms with Crippen LogP contribution in [0.1, 0.15) is 47.0 Å². The molecule has 2 amide bonds. The van der Waals surface area contributed by atoms with Crippen LogP contribution in [0, 0.1) is 11.8 Å². The third-order valence-electron chi connectivity index (χ3n) is 4.92. The molecular weight excluding hydrogens is 340 g/mol. The summed E-state index contributed by atoms with van der Waals surface area (Å²) in [5, 5.41) is 0. The molecule has 1 aliphatic carbocycles. The second kappa shape index (κ2) is 7.75. The quantitative estimate of drug-likeness (QED) is 0.705. The molecule has 5 nitrogen and oxygen atoms in total. The van der Waals surface area contributed by atoms with Gasteiger partial charge in [-0.2, -0.15) is 0 Å². The highest BCUT2D eigenvalue weighted by atomic mass is 16.6. The van der Waals surface area contributed by atoms with Crippen LogP contribution in [0.2, 0.25) is 0 Å². The van der Waals surface area contributed by atoms with Gasteiger partial charge in [0.25, 0.3) is 0 Å². The Kier molecular flexibility index (Phi) is 5.59. The molecule has 0 radical (unpaired) electrons. The molecule has 1 aliphatic heterocycles. The Morgan fingerprint density at radius 3 is 2.33 bits per heavy atom. The van der Waals surface area contributed by atoms with Crippen LogP contribution in [0.4, 0.5) is 16.2 Å². The lowest BCUT2D eigenvalue weighted by Crippen LogP contribution is -2.39. The van der Waals surface area contributed by atoms with Crippen molar-refractivity contribution in [3.8, 4) is 0 Å². The summed E-state index contributed by atoms with van der Waals surface area (Å²) in [6.45, 7) is 8.79. The van der Waals surface area contributed by atoms with Crippen molar-refractivity contribution in [2.75, 3.05) is 22.9 Å². The molecule has 1 heterocycles. The highest BCUT2D eigenvalue weighted by Gasteiger charge is 2.33. The highest BCUT2D eigenvalue weighted by Crippen LogP contribution is 2.35. The molecule has 1 aromatic carbocycles. The van der Waals surface area contributed by atoms with Crippen molar-refractivity contribution in [2.24, 2.45) is 11.8 Å². The number of hydrogen-bond acceptors (Lipinski definition) is 3. The van der Waals surface area contributed by atoms with Crippen molar-refractivity contribution < 1.29 is 14.3 Å². The third-order valence-corrected chi connectivity index (χ3v) is 4.92. The molecule has 0 bridgehead atoms. The lowest BCUT2D eigenvalue weighted by molar-refractivity contribution is -0.119. The van der Waals surface area contributed by atoms with Crippen molar-refractivity contribution in [2.45, 2.75) is 52.6 Å². The van der Waals surface area contributed by atoms with E-state index in [1.165, 1.54) is 0 Å². The molecule has 5 heteroatoms. The van der Waals surface area contributed by atoms with Crippen LogP contribution in [0.15, 0.2) is 36.4 Å². The Balaban J connectivity index is 1.89. The van der Waals surface area contributed by atoms with Crippen molar-refractivity contribution >= 4 is 23.4 Å². The van der Waals surface area contributed by atoms with E-state index in [2.05, 4.69) is 19.1 Å². The fraction of sp³-hybridized carbons (Fsp3) is 0.545. The van der Waals surface area contributed by atoms with E-state index in [1.54, 1.807) is 4.90 Å². The smallest absolute Gasteiger partial charge is 0.414 e. The molecule has 2 atom stereocenters. The average molecular weight is 370 g/mol. The molecule has 0 saturated carbocycles. The molecule has 0 N–H and O–H groups in total. The van der Waals surface area contributed by atoms with E-state index in [4.69, 9.17) is 4.74 Å². The van der Waals surface area contributed by atoms with Crippen LogP contribution < -0.4 is 9.80 Å². The number of allylic oxidation sites excluding steroid dienone is 2. The van der Waals surface area contributed by atoms with Gasteiger partial charge in [-0.1, -0.05) is 31.2 Å². The zero-order valence-electron chi connectivity index (χ0n) is 16.8. The normalized spacial score (nSPS) is 22.4. The van der Waals surface area contributed by atoms with Crippen LogP contribution in [0.25, 0.3) is 0 Å². The number of hydrogen-bond donors (Lipinski definition) is 0. The molecule has 1 aromatic rings. The lowest BCUT2D eigenvalue weighted by atomic mass is 10.0. The van der Waals surface area contributed by atoms with Gasteiger partial charge in [0, 0.05) is 19.5 Å². The van der Waals surface area contributed by atoms with Gasteiger partial charge in [-0.25, -0.2) is 4.79 Å². The first kappa shape index (κ1) is 19.5. The van der Waals surface area contributed by atoms with Gasteiger partial charge in [-0.05, 0) is 57.6 Å². The highest BCUT2D eigenvalue weighted by molar-refractivity contribution is 6.01. The van der Waals surface area contributed by atoms with Gasteiger partial charge in [0.05, 0.1) is 11.4 Å². The summed E-state index contributed by atoms with van der Waals surface area (Å²) in [4.78, 5) is 29.4. The van der Waals surface area contributed by atoms with Crippen LogP contribution >= 0.6 is 0 Å². The van der Waals surface area contributed by atoms with Crippen LogP contribution in [0.3, 0.4) is 0 Å². The zero-order valence-corrected chi connectivity index (χ0v) is 16.8. The number of carbonyl (C=O) groups is 2. The second-order valence-electron chi connectivity index (χ2n) is 8.66. The molecule has 0 aromatic heterocycles. The topological polar surface area (TPSA) is 49.9 Å². The molecule has 146 valence electrons. The van der Waals surface area contributed by atoms with E-state index in [0.717, 1.165) is 24.2 Å². The maximum atomic E-state index is 13.1. The Hall–Kier alpha value is -2.30. The first-order valence-corrected chi connectivity index (χ1v) is 9.81. The largest absolute Gasteiger partial charge is 0.443 e. The van der Waals surface area contributed by atoms with Crippen molar-refractivity contribution in [3.63, 3.8) is 0 Å². The number of nitrogens with zero attached hydrogens (tertiary/aromatic N) is 2. The number of benzene rings is 1. The van der Waals surface area contributed by atoms with Gasteiger partial charge in [0.1, 0.15) is 5.60 Å². The van der Waals surface area contributed by atoms with Crippen LogP contribution in [0.5, 0.6) is 0 Å². The molecule has 2 aliphatic rings. The van der Waals surface area contributed by atoms with E-state index in [-0.39, 0.29) is 17.9 Å². The predicted molar refractivity (Wildman–Crippen MR) is 108 cm³/mol. The fourth-order valence-electron chi connectivity index (χ4n) is 3.72. The lowest BCUT2D eigenvalue weighted by Gasteiger charge is -2.28. The Bertz CT molecular complexity index is 735. The predicted octanol–water partition coefficient (Wildman–Crippen LogP) is 4.77.